The van der Waals surface area contributed by atoms with Crippen LogP contribution in [0.2, 0.25) is 0 Å². The van der Waals surface area contributed by atoms with Crippen molar-refractivity contribution in [1.82, 2.24) is 0 Å². The standard InChI is InChI=1S/C21H23F3N2O3/c1-28-18-8-5-14(11-19(18)29-2)12-20(27)25-16-13-15(21(22,23)24)6-7-17(16)26-9-3-4-10-26/h5-8,11,13H,3-4,9-10,12H2,1-2H3,(H,25,27). The summed E-state index contributed by atoms with van der Waals surface area (Å²) in [5.41, 5.74) is 0.653. The number of halogens is 3. The number of carbonyl (C=O) groups excluding carboxylic acids is 1. The first-order valence-corrected chi connectivity index (χ1v) is 9.29. The highest BCUT2D eigenvalue weighted by molar-refractivity contribution is 5.96. The number of amides is 1. The normalized spacial score (nSPS) is 14.0. The lowest BCUT2D eigenvalue weighted by molar-refractivity contribution is -0.137. The molecule has 0 aromatic heterocycles. The quantitative estimate of drug-likeness (QED) is 0.765. The molecule has 2 aromatic rings. The van der Waals surface area contributed by atoms with Crippen LogP contribution in [0.4, 0.5) is 24.5 Å². The van der Waals surface area contributed by atoms with E-state index in [0.29, 0.717) is 22.7 Å². The van der Waals surface area contributed by atoms with Gasteiger partial charge >= 0.3 is 6.18 Å². The Hall–Kier alpha value is -2.90. The van der Waals surface area contributed by atoms with E-state index in [0.717, 1.165) is 38.1 Å². The number of ether oxygens (including phenoxy) is 2. The predicted molar refractivity (Wildman–Crippen MR) is 105 cm³/mol. The van der Waals surface area contributed by atoms with Crippen LogP contribution in [0.25, 0.3) is 0 Å². The summed E-state index contributed by atoms with van der Waals surface area (Å²) in [6.45, 7) is 1.51. The maximum absolute atomic E-state index is 13.2. The van der Waals surface area contributed by atoms with Crippen molar-refractivity contribution in [2.24, 2.45) is 0 Å². The Labute approximate surface area is 167 Å². The van der Waals surface area contributed by atoms with E-state index >= 15 is 0 Å². The minimum atomic E-state index is -4.48. The summed E-state index contributed by atoms with van der Waals surface area (Å²) in [4.78, 5) is 14.6. The first-order chi connectivity index (χ1) is 13.8. The van der Waals surface area contributed by atoms with Crippen molar-refractivity contribution in [2.45, 2.75) is 25.4 Å². The van der Waals surface area contributed by atoms with Gasteiger partial charge in [-0.25, -0.2) is 0 Å². The third-order valence-corrected chi connectivity index (χ3v) is 4.86. The maximum atomic E-state index is 13.2. The average molecular weight is 408 g/mol. The molecule has 1 fully saturated rings. The van der Waals surface area contributed by atoms with Crippen LogP contribution < -0.4 is 19.7 Å². The van der Waals surface area contributed by atoms with Gasteiger partial charge < -0.3 is 19.7 Å². The Morgan fingerprint density at radius 1 is 1.03 bits per heavy atom. The molecular weight excluding hydrogens is 385 g/mol. The number of rotatable bonds is 6. The van der Waals surface area contributed by atoms with Crippen molar-refractivity contribution >= 4 is 17.3 Å². The monoisotopic (exact) mass is 408 g/mol. The van der Waals surface area contributed by atoms with Gasteiger partial charge in [-0.1, -0.05) is 6.07 Å². The van der Waals surface area contributed by atoms with Crippen LogP contribution in [0.15, 0.2) is 36.4 Å². The van der Waals surface area contributed by atoms with E-state index in [1.807, 2.05) is 4.90 Å². The van der Waals surface area contributed by atoms with Crippen molar-refractivity contribution in [3.05, 3.63) is 47.5 Å². The second-order valence-electron chi connectivity index (χ2n) is 6.84. The molecule has 29 heavy (non-hydrogen) atoms. The highest BCUT2D eigenvalue weighted by Gasteiger charge is 2.32. The van der Waals surface area contributed by atoms with Gasteiger partial charge in [0.25, 0.3) is 0 Å². The molecule has 0 aliphatic carbocycles. The number of nitrogens with one attached hydrogen (secondary N) is 1. The van der Waals surface area contributed by atoms with Crippen molar-refractivity contribution in [3.8, 4) is 11.5 Å². The van der Waals surface area contributed by atoms with Crippen molar-refractivity contribution in [3.63, 3.8) is 0 Å². The summed E-state index contributed by atoms with van der Waals surface area (Å²) in [6.07, 6.45) is -2.54. The Bertz CT molecular complexity index is 878. The minimum absolute atomic E-state index is 0.00393. The largest absolute Gasteiger partial charge is 0.493 e. The number of nitrogens with zero attached hydrogens (tertiary/aromatic N) is 1. The van der Waals surface area contributed by atoms with Crippen LogP contribution >= 0.6 is 0 Å². The van der Waals surface area contributed by atoms with E-state index < -0.39 is 17.6 Å². The highest BCUT2D eigenvalue weighted by atomic mass is 19.4. The number of hydrogen-bond acceptors (Lipinski definition) is 4. The Kier molecular flexibility index (Phi) is 6.20. The van der Waals surface area contributed by atoms with Gasteiger partial charge in [0.15, 0.2) is 11.5 Å². The summed E-state index contributed by atoms with van der Waals surface area (Å²) in [5.74, 6) is 0.609. The van der Waals surface area contributed by atoms with Crippen LogP contribution in [0, 0.1) is 0 Å². The molecule has 2 aromatic carbocycles. The van der Waals surface area contributed by atoms with Gasteiger partial charge in [0.2, 0.25) is 5.91 Å². The molecule has 1 aliphatic heterocycles. The molecule has 0 bridgehead atoms. The highest BCUT2D eigenvalue weighted by Crippen LogP contribution is 2.36. The molecular formula is C21H23F3N2O3. The summed E-state index contributed by atoms with van der Waals surface area (Å²) in [5, 5.41) is 2.66. The second-order valence-corrected chi connectivity index (χ2v) is 6.84. The number of hydrogen-bond donors (Lipinski definition) is 1. The smallest absolute Gasteiger partial charge is 0.416 e. The van der Waals surface area contributed by atoms with Crippen molar-refractivity contribution in [2.75, 3.05) is 37.5 Å². The zero-order valence-electron chi connectivity index (χ0n) is 16.3. The topological polar surface area (TPSA) is 50.8 Å². The molecule has 1 saturated heterocycles. The third-order valence-electron chi connectivity index (χ3n) is 4.86. The molecule has 0 spiro atoms. The summed E-state index contributed by atoms with van der Waals surface area (Å²) >= 11 is 0. The van der Waals surface area contributed by atoms with E-state index in [2.05, 4.69) is 5.32 Å². The number of methoxy groups -OCH3 is 2. The molecule has 8 heteroatoms. The summed E-state index contributed by atoms with van der Waals surface area (Å²) in [7, 11) is 3.00. The predicted octanol–water partition coefficient (Wildman–Crippen LogP) is 4.50. The van der Waals surface area contributed by atoms with Gasteiger partial charge in [0, 0.05) is 13.1 Å². The van der Waals surface area contributed by atoms with Gasteiger partial charge in [-0.2, -0.15) is 13.2 Å². The van der Waals surface area contributed by atoms with E-state index in [4.69, 9.17) is 9.47 Å². The Balaban J connectivity index is 1.83. The van der Waals surface area contributed by atoms with Gasteiger partial charge in [0.05, 0.1) is 37.6 Å². The van der Waals surface area contributed by atoms with Crippen molar-refractivity contribution in [1.29, 1.82) is 0 Å². The molecule has 1 N–H and O–H groups in total. The molecule has 1 heterocycles. The van der Waals surface area contributed by atoms with Crippen LogP contribution in [0.5, 0.6) is 11.5 Å². The fourth-order valence-electron chi connectivity index (χ4n) is 3.42. The minimum Gasteiger partial charge on any atom is -0.493 e. The number of alkyl halides is 3. The Morgan fingerprint density at radius 3 is 2.34 bits per heavy atom. The Morgan fingerprint density at radius 2 is 1.72 bits per heavy atom. The fourth-order valence-corrected chi connectivity index (χ4v) is 3.42. The lowest BCUT2D eigenvalue weighted by atomic mass is 10.1. The van der Waals surface area contributed by atoms with Gasteiger partial charge in [-0.3, -0.25) is 4.79 Å². The molecule has 0 unspecified atom stereocenters. The van der Waals surface area contributed by atoms with Crippen LogP contribution in [-0.2, 0) is 17.4 Å². The number of carbonyl (C=O) groups is 1. The van der Waals surface area contributed by atoms with Crippen LogP contribution in [0.3, 0.4) is 0 Å². The average Bonchev–Trinajstić information content (AvgIpc) is 3.21. The lowest BCUT2D eigenvalue weighted by Crippen LogP contribution is -2.22. The maximum Gasteiger partial charge on any atom is 0.416 e. The first-order valence-electron chi connectivity index (χ1n) is 9.29. The van der Waals surface area contributed by atoms with Gasteiger partial charge in [0.1, 0.15) is 0 Å². The first kappa shape index (κ1) is 20.8. The lowest BCUT2D eigenvalue weighted by Gasteiger charge is -2.23. The zero-order valence-corrected chi connectivity index (χ0v) is 16.3. The molecule has 0 saturated carbocycles. The molecule has 3 rings (SSSR count). The van der Waals surface area contributed by atoms with Crippen molar-refractivity contribution < 1.29 is 27.4 Å². The molecule has 1 aliphatic rings. The molecule has 5 nitrogen and oxygen atoms in total. The van der Waals surface area contributed by atoms with Gasteiger partial charge in [-0.05, 0) is 48.7 Å². The third kappa shape index (κ3) is 4.93. The summed E-state index contributed by atoms with van der Waals surface area (Å²) < 4.78 is 49.9. The van der Waals surface area contributed by atoms with Crippen LogP contribution in [-0.4, -0.2) is 33.2 Å². The van der Waals surface area contributed by atoms with Crippen LogP contribution in [0.1, 0.15) is 24.0 Å². The second kappa shape index (κ2) is 8.63. The van der Waals surface area contributed by atoms with E-state index in [9.17, 15) is 18.0 Å². The molecule has 1 amide bonds. The SMILES string of the molecule is COc1ccc(CC(=O)Nc2cc(C(F)(F)F)ccc2N2CCCC2)cc1OC. The fraction of sp³-hybridized carbons (Fsp3) is 0.381. The van der Waals surface area contributed by atoms with E-state index in [1.165, 1.54) is 20.3 Å². The number of benzene rings is 2. The van der Waals surface area contributed by atoms with Gasteiger partial charge in [-0.15, -0.1) is 0 Å². The molecule has 156 valence electrons. The number of anilines is 2. The van der Waals surface area contributed by atoms with E-state index in [1.54, 1.807) is 18.2 Å². The molecule has 0 atom stereocenters. The zero-order chi connectivity index (χ0) is 21.0. The van der Waals surface area contributed by atoms with E-state index in [-0.39, 0.29) is 12.1 Å². The molecule has 0 radical (unpaired) electrons. The summed E-state index contributed by atoms with van der Waals surface area (Å²) in [6, 6.07) is 8.56.